The lowest BCUT2D eigenvalue weighted by molar-refractivity contribution is -0.143. The number of aliphatic hydroxyl groups excluding tert-OH is 2. The molecule has 21 heavy (non-hydrogen) atoms. The van der Waals surface area contributed by atoms with Gasteiger partial charge in [-0.2, -0.15) is 0 Å². The first kappa shape index (κ1) is 16.6. The van der Waals surface area contributed by atoms with Crippen LogP contribution in [0.15, 0.2) is 18.2 Å². The fourth-order valence-corrected chi connectivity index (χ4v) is 3.20. The summed E-state index contributed by atoms with van der Waals surface area (Å²) in [4.78, 5) is 14.0. The molecule has 1 fully saturated rings. The van der Waals surface area contributed by atoms with Crippen LogP contribution in [-0.4, -0.2) is 40.2 Å². The van der Waals surface area contributed by atoms with E-state index in [2.05, 4.69) is 0 Å². The molecule has 0 aliphatic carbocycles. The predicted octanol–water partition coefficient (Wildman–Crippen LogP) is 2.65. The normalized spacial score (nSPS) is 22.0. The minimum atomic E-state index is -1.28. The highest BCUT2D eigenvalue weighted by Gasteiger charge is 2.30. The summed E-state index contributed by atoms with van der Waals surface area (Å²) in [5, 5.41) is 20.7. The van der Waals surface area contributed by atoms with Gasteiger partial charge >= 0.3 is 0 Å². The molecule has 1 aliphatic heterocycles. The van der Waals surface area contributed by atoms with E-state index in [9.17, 15) is 15.0 Å². The molecule has 116 valence electrons. The van der Waals surface area contributed by atoms with Crippen LogP contribution in [0.3, 0.4) is 0 Å². The number of aliphatic hydroxyl groups is 2. The summed E-state index contributed by atoms with van der Waals surface area (Å²) in [5.74, 6) is -0.323. The van der Waals surface area contributed by atoms with Gasteiger partial charge in [-0.25, -0.2) is 0 Å². The number of hydrogen-bond donors (Lipinski definition) is 2. The van der Waals surface area contributed by atoms with E-state index in [1.807, 2.05) is 0 Å². The number of hydrogen-bond acceptors (Lipinski definition) is 3. The third-order valence-electron chi connectivity index (χ3n) is 3.89. The lowest BCUT2D eigenvalue weighted by Gasteiger charge is -2.35. The van der Waals surface area contributed by atoms with E-state index < -0.39 is 12.2 Å². The Balaban J connectivity index is 2.11. The second-order valence-electron chi connectivity index (χ2n) is 5.53. The molecule has 0 saturated carbocycles. The van der Waals surface area contributed by atoms with E-state index >= 15 is 0 Å². The Labute approximate surface area is 134 Å². The van der Waals surface area contributed by atoms with Gasteiger partial charge in [-0.3, -0.25) is 4.79 Å². The average molecular weight is 332 g/mol. The van der Waals surface area contributed by atoms with Gasteiger partial charge in [-0.1, -0.05) is 23.2 Å². The van der Waals surface area contributed by atoms with Crippen molar-refractivity contribution < 1.29 is 15.0 Å². The number of rotatable bonds is 3. The van der Waals surface area contributed by atoms with Crippen molar-refractivity contribution in [3.63, 3.8) is 0 Å². The van der Waals surface area contributed by atoms with Crippen LogP contribution < -0.4 is 0 Å². The highest BCUT2D eigenvalue weighted by molar-refractivity contribution is 6.34. The summed E-state index contributed by atoms with van der Waals surface area (Å²) in [6.45, 7) is 2.78. The van der Waals surface area contributed by atoms with Gasteiger partial charge in [0, 0.05) is 29.1 Å². The van der Waals surface area contributed by atoms with Crippen LogP contribution in [0.2, 0.25) is 10.0 Å². The zero-order valence-electron chi connectivity index (χ0n) is 11.8. The second-order valence-corrected chi connectivity index (χ2v) is 6.41. The third kappa shape index (κ3) is 4.10. The number of amides is 1. The molecular formula is C15H19Cl2NO3. The molecule has 0 bridgehead atoms. The Hall–Kier alpha value is -0.810. The Kier molecular flexibility index (Phi) is 5.49. The Morgan fingerprint density at radius 1 is 1.29 bits per heavy atom. The van der Waals surface area contributed by atoms with Crippen molar-refractivity contribution in [2.75, 3.05) is 13.1 Å². The van der Waals surface area contributed by atoms with Crippen LogP contribution in [0.1, 0.15) is 31.4 Å². The third-order valence-corrected chi connectivity index (χ3v) is 4.32. The van der Waals surface area contributed by atoms with Gasteiger partial charge in [0.2, 0.25) is 0 Å². The van der Waals surface area contributed by atoms with Gasteiger partial charge in [0.25, 0.3) is 5.91 Å². The Bertz CT molecular complexity index is 501. The number of carbonyl (C=O) groups excluding carboxylic acids is 1. The summed E-state index contributed by atoms with van der Waals surface area (Å²) >= 11 is 11.8. The van der Waals surface area contributed by atoms with E-state index in [1.54, 1.807) is 17.9 Å². The van der Waals surface area contributed by atoms with Gasteiger partial charge in [0.1, 0.15) is 0 Å². The fraction of sp³-hybridized carbons (Fsp3) is 0.533. The number of benzene rings is 1. The minimum absolute atomic E-state index is 0.0536. The first-order valence-electron chi connectivity index (χ1n) is 6.99. The Morgan fingerprint density at radius 3 is 2.48 bits per heavy atom. The molecule has 1 aliphatic rings. The van der Waals surface area contributed by atoms with Crippen molar-refractivity contribution in [2.24, 2.45) is 5.92 Å². The maximum absolute atomic E-state index is 12.4. The zero-order chi connectivity index (χ0) is 15.6. The summed E-state index contributed by atoms with van der Waals surface area (Å²) < 4.78 is 0. The SMILES string of the molecule is C[C@H](O)[C@H]1CCCN(C(=O)[C@@H](O)c2cc(Cl)cc(Cl)c2)C1. The molecule has 3 atom stereocenters. The average Bonchev–Trinajstić information content (AvgIpc) is 2.44. The monoisotopic (exact) mass is 331 g/mol. The molecule has 1 heterocycles. The highest BCUT2D eigenvalue weighted by atomic mass is 35.5. The molecule has 4 nitrogen and oxygen atoms in total. The minimum Gasteiger partial charge on any atom is -0.393 e. The lowest BCUT2D eigenvalue weighted by Crippen LogP contribution is -2.44. The number of piperidine rings is 1. The van der Waals surface area contributed by atoms with Crippen LogP contribution >= 0.6 is 23.2 Å². The van der Waals surface area contributed by atoms with Crippen molar-refractivity contribution >= 4 is 29.1 Å². The summed E-state index contributed by atoms with van der Waals surface area (Å²) in [6.07, 6.45) is -0.0301. The quantitative estimate of drug-likeness (QED) is 0.895. The molecule has 2 N–H and O–H groups in total. The fourth-order valence-electron chi connectivity index (χ4n) is 2.65. The van der Waals surface area contributed by atoms with Gasteiger partial charge < -0.3 is 15.1 Å². The maximum atomic E-state index is 12.4. The molecule has 0 aromatic heterocycles. The van der Waals surface area contributed by atoms with Gasteiger partial charge in [0.15, 0.2) is 6.10 Å². The molecule has 6 heteroatoms. The lowest BCUT2D eigenvalue weighted by atomic mass is 9.93. The molecule has 1 saturated heterocycles. The molecule has 0 radical (unpaired) electrons. The van der Waals surface area contributed by atoms with Crippen LogP contribution in [0.5, 0.6) is 0 Å². The largest absolute Gasteiger partial charge is 0.393 e. The second kappa shape index (κ2) is 6.97. The molecule has 0 unspecified atom stereocenters. The topological polar surface area (TPSA) is 60.8 Å². The molecular weight excluding hydrogens is 313 g/mol. The van der Waals surface area contributed by atoms with Gasteiger partial charge in [0.05, 0.1) is 6.10 Å². The zero-order valence-corrected chi connectivity index (χ0v) is 13.3. The number of likely N-dealkylation sites (tertiary alicyclic amines) is 1. The Morgan fingerprint density at radius 2 is 1.90 bits per heavy atom. The first-order chi connectivity index (χ1) is 9.88. The van der Waals surface area contributed by atoms with E-state index in [0.29, 0.717) is 28.7 Å². The molecule has 2 rings (SSSR count). The van der Waals surface area contributed by atoms with E-state index in [-0.39, 0.29) is 11.8 Å². The molecule has 1 aromatic rings. The van der Waals surface area contributed by atoms with Crippen LogP contribution in [0.4, 0.5) is 0 Å². The first-order valence-corrected chi connectivity index (χ1v) is 7.75. The van der Waals surface area contributed by atoms with Gasteiger partial charge in [-0.05, 0) is 43.5 Å². The van der Waals surface area contributed by atoms with Crippen LogP contribution in [-0.2, 0) is 4.79 Å². The van der Waals surface area contributed by atoms with Crippen LogP contribution in [0, 0.1) is 5.92 Å². The number of carbonyl (C=O) groups is 1. The number of nitrogens with zero attached hydrogens (tertiary/aromatic N) is 1. The maximum Gasteiger partial charge on any atom is 0.256 e. The molecule has 0 spiro atoms. The van der Waals surface area contributed by atoms with Crippen molar-refractivity contribution in [1.29, 1.82) is 0 Å². The smallest absolute Gasteiger partial charge is 0.256 e. The van der Waals surface area contributed by atoms with E-state index in [0.717, 1.165) is 12.8 Å². The van der Waals surface area contributed by atoms with Gasteiger partial charge in [-0.15, -0.1) is 0 Å². The highest BCUT2D eigenvalue weighted by Crippen LogP contribution is 2.27. The van der Waals surface area contributed by atoms with E-state index in [4.69, 9.17) is 23.2 Å². The summed E-state index contributed by atoms with van der Waals surface area (Å²) in [6, 6.07) is 4.62. The van der Waals surface area contributed by atoms with Crippen LogP contribution in [0.25, 0.3) is 0 Å². The van der Waals surface area contributed by atoms with Crippen molar-refractivity contribution in [2.45, 2.75) is 32.0 Å². The predicted molar refractivity (Wildman–Crippen MR) is 82.4 cm³/mol. The molecule has 1 aromatic carbocycles. The molecule has 1 amide bonds. The van der Waals surface area contributed by atoms with Crippen molar-refractivity contribution in [3.8, 4) is 0 Å². The van der Waals surface area contributed by atoms with Crippen molar-refractivity contribution in [1.82, 2.24) is 4.90 Å². The summed E-state index contributed by atoms with van der Waals surface area (Å²) in [7, 11) is 0. The van der Waals surface area contributed by atoms with E-state index in [1.165, 1.54) is 12.1 Å². The van der Waals surface area contributed by atoms with Crippen molar-refractivity contribution in [3.05, 3.63) is 33.8 Å². The summed E-state index contributed by atoms with van der Waals surface area (Å²) in [5.41, 5.74) is 0.386. The standard InChI is InChI=1S/C15H19Cl2NO3/c1-9(19)10-3-2-4-18(8-10)15(21)14(20)11-5-12(16)7-13(17)6-11/h5-7,9-10,14,19-20H,2-4,8H2,1H3/t9-,10-,14-/m0/s1. The number of halogens is 2.